The summed E-state index contributed by atoms with van der Waals surface area (Å²) in [6.07, 6.45) is 1.85. The van der Waals surface area contributed by atoms with E-state index in [4.69, 9.17) is 5.73 Å². The molecule has 2 nitrogen and oxygen atoms in total. The quantitative estimate of drug-likeness (QED) is 0.581. The summed E-state index contributed by atoms with van der Waals surface area (Å²) in [6, 6.07) is 0. The first kappa shape index (κ1) is 9.17. The lowest BCUT2D eigenvalue weighted by atomic mass is 9.77. The molecule has 0 saturated heterocycles. The second-order valence-electron chi connectivity index (χ2n) is 4.53. The highest BCUT2D eigenvalue weighted by Crippen LogP contribution is 2.40. The van der Waals surface area contributed by atoms with Gasteiger partial charge in [-0.3, -0.25) is 0 Å². The molecule has 0 aromatic rings. The molecular formula is C10H17NO. The number of hydrogen-bond donors (Lipinski definition) is 2. The molecule has 0 aromatic heterocycles. The number of aliphatic hydroxyl groups excluding tert-OH is 1. The zero-order valence-electron chi connectivity index (χ0n) is 8.18. The van der Waals surface area contributed by atoms with E-state index in [-0.39, 0.29) is 11.3 Å². The van der Waals surface area contributed by atoms with Crippen molar-refractivity contribution in [3.8, 4) is 0 Å². The van der Waals surface area contributed by atoms with Crippen LogP contribution in [0.25, 0.3) is 0 Å². The third kappa shape index (κ3) is 1.33. The fourth-order valence-electron chi connectivity index (χ4n) is 1.88. The first-order chi connectivity index (χ1) is 5.34. The van der Waals surface area contributed by atoms with E-state index >= 15 is 0 Å². The third-order valence-corrected chi connectivity index (χ3v) is 2.27. The summed E-state index contributed by atoms with van der Waals surface area (Å²) >= 11 is 0. The smallest absolute Gasteiger partial charge is 0.123 e. The van der Waals surface area contributed by atoms with Crippen molar-refractivity contribution < 1.29 is 5.11 Å². The number of allylic oxidation sites excluding steroid dienone is 2. The molecule has 0 spiro atoms. The van der Waals surface area contributed by atoms with Crippen LogP contribution in [0.5, 0.6) is 0 Å². The van der Waals surface area contributed by atoms with Gasteiger partial charge in [0.2, 0.25) is 0 Å². The molecule has 3 N–H and O–H groups in total. The van der Waals surface area contributed by atoms with E-state index in [1.807, 2.05) is 13.0 Å². The van der Waals surface area contributed by atoms with Gasteiger partial charge in [0.15, 0.2) is 0 Å². The van der Waals surface area contributed by atoms with Gasteiger partial charge in [0.25, 0.3) is 0 Å². The summed E-state index contributed by atoms with van der Waals surface area (Å²) in [6.45, 7) is 8.31. The molecule has 1 atom stereocenters. The predicted molar refractivity (Wildman–Crippen MR) is 50.5 cm³/mol. The van der Waals surface area contributed by atoms with Crippen LogP contribution < -0.4 is 5.73 Å². The zero-order chi connectivity index (χ0) is 9.52. The first-order valence-corrected chi connectivity index (χ1v) is 4.21. The fraction of sp³-hybridized carbons (Fsp3) is 0.600. The van der Waals surface area contributed by atoms with Crippen molar-refractivity contribution in [2.45, 2.75) is 27.7 Å². The lowest BCUT2D eigenvalue weighted by Gasteiger charge is -2.28. The van der Waals surface area contributed by atoms with Crippen LogP contribution in [0.2, 0.25) is 0 Å². The molecule has 0 unspecified atom stereocenters. The van der Waals surface area contributed by atoms with Crippen molar-refractivity contribution in [1.29, 1.82) is 0 Å². The van der Waals surface area contributed by atoms with Crippen LogP contribution in [0.15, 0.2) is 23.1 Å². The van der Waals surface area contributed by atoms with Crippen LogP contribution in [-0.4, -0.2) is 5.11 Å². The SMILES string of the molecule is CC1=CC(N)=C(O)[C@H]1C(C)(C)C. The lowest BCUT2D eigenvalue weighted by molar-refractivity contribution is 0.234. The highest BCUT2D eigenvalue weighted by molar-refractivity contribution is 5.37. The van der Waals surface area contributed by atoms with Crippen LogP contribution >= 0.6 is 0 Å². The minimum absolute atomic E-state index is 0.0474. The molecule has 1 rings (SSSR count). The molecule has 12 heavy (non-hydrogen) atoms. The Morgan fingerprint density at radius 2 is 1.92 bits per heavy atom. The third-order valence-electron chi connectivity index (χ3n) is 2.27. The Morgan fingerprint density at radius 3 is 2.08 bits per heavy atom. The molecule has 1 aliphatic carbocycles. The Kier molecular flexibility index (Phi) is 1.94. The molecule has 0 bridgehead atoms. The highest BCUT2D eigenvalue weighted by atomic mass is 16.3. The summed E-state index contributed by atoms with van der Waals surface area (Å²) in [4.78, 5) is 0. The fourth-order valence-corrected chi connectivity index (χ4v) is 1.88. The molecule has 0 radical (unpaired) electrons. The number of rotatable bonds is 0. The minimum Gasteiger partial charge on any atom is -0.510 e. The number of nitrogens with two attached hydrogens (primary N) is 1. The van der Waals surface area contributed by atoms with E-state index in [2.05, 4.69) is 20.8 Å². The molecule has 0 saturated carbocycles. The van der Waals surface area contributed by atoms with Gasteiger partial charge in [-0.2, -0.15) is 0 Å². The zero-order valence-corrected chi connectivity index (χ0v) is 8.18. The van der Waals surface area contributed by atoms with Gasteiger partial charge in [-0.25, -0.2) is 0 Å². The predicted octanol–water partition coefficient (Wildman–Crippen LogP) is 2.34. The second-order valence-corrected chi connectivity index (χ2v) is 4.53. The molecule has 0 fully saturated rings. The van der Waals surface area contributed by atoms with Gasteiger partial charge in [-0.15, -0.1) is 0 Å². The molecular weight excluding hydrogens is 150 g/mol. The topological polar surface area (TPSA) is 46.2 Å². The standard InChI is InChI=1S/C10H17NO/c1-6-5-7(11)9(12)8(6)10(2,3)4/h5,8,12H,11H2,1-4H3/t8-/m0/s1. The average Bonchev–Trinajstić information content (AvgIpc) is 2.05. The van der Waals surface area contributed by atoms with Gasteiger partial charge in [0.05, 0.1) is 5.70 Å². The minimum atomic E-state index is 0.0474. The maximum absolute atomic E-state index is 9.67. The first-order valence-electron chi connectivity index (χ1n) is 4.21. The summed E-state index contributed by atoms with van der Waals surface area (Å²) in [7, 11) is 0. The Bertz CT molecular complexity index is 256. The van der Waals surface area contributed by atoms with Gasteiger partial charge in [0.1, 0.15) is 5.76 Å². The van der Waals surface area contributed by atoms with Gasteiger partial charge >= 0.3 is 0 Å². The molecule has 1 aliphatic rings. The van der Waals surface area contributed by atoms with Crippen molar-refractivity contribution in [2.24, 2.45) is 17.1 Å². The maximum Gasteiger partial charge on any atom is 0.123 e. The van der Waals surface area contributed by atoms with Crippen LogP contribution in [0.3, 0.4) is 0 Å². The molecule has 2 heteroatoms. The number of aliphatic hydroxyl groups is 1. The molecule has 0 amide bonds. The summed E-state index contributed by atoms with van der Waals surface area (Å²) in [5.41, 5.74) is 7.33. The van der Waals surface area contributed by atoms with Crippen LogP contribution in [0.4, 0.5) is 0 Å². The van der Waals surface area contributed by atoms with Crippen LogP contribution in [0, 0.1) is 11.3 Å². The van der Waals surface area contributed by atoms with Crippen LogP contribution in [-0.2, 0) is 0 Å². The molecule has 0 aliphatic heterocycles. The van der Waals surface area contributed by atoms with E-state index < -0.39 is 0 Å². The summed E-state index contributed by atoms with van der Waals surface area (Å²) < 4.78 is 0. The van der Waals surface area contributed by atoms with Gasteiger partial charge in [-0.05, 0) is 18.4 Å². The normalized spacial score (nSPS) is 24.7. The van der Waals surface area contributed by atoms with E-state index in [1.54, 1.807) is 0 Å². The van der Waals surface area contributed by atoms with E-state index in [0.29, 0.717) is 11.5 Å². The van der Waals surface area contributed by atoms with Gasteiger partial charge in [-0.1, -0.05) is 26.3 Å². The monoisotopic (exact) mass is 167 g/mol. The van der Waals surface area contributed by atoms with E-state index in [1.165, 1.54) is 0 Å². The number of hydrogen-bond acceptors (Lipinski definition) is 2. The van der Waals surface area contributed by atoms with Crippen molar-refractivity contribution in [3.63, 3.8) is 0 Å². The van der Waals surface area contributed by atoms with Gasteiger partial charge in [0, 0.05) is 5.92 Å². The van der Waals surface area contributed by atoms with Crippen LogP contribution in [0.1, 0.15) is 27.7 Å². The summed E-state index contributed by atoms with van der Waals surface area (Å²) in [5, 5.41) is 9.67. The second kappa shape index (κ2) is 2.54. The molecule has 0 aromatic carbocycles. The lowest BCUT2D eigenvalue weighted by Crippen LogP contribution is -2.22. The molecule has 68 valence electrons. The Labute approximate surface area is 73.8 Å². The average molecular weight is 167 g/mol. The highest BCUT2D eigenvalue weighted by Gasteiger charge is 2.34. The van der Waals surface area contributed by atoms with Crippen molar-refractivity contribution in [3.05, 3.63) is 23.1 Å². The summed E-state index contributed by atoms with van der Waals surface area (Å²) in [5.74, 6) is 0.428. The van der Waals surface area contributed by atoms with Gasteiger partial charge < -0.3 is 10.8 Å². The Hall–Kier alpha value is -0.920. The maximum atomic E-state index is 9.67. The largest absolute Gasteiger partial charge is 0.510 e. The Morgan fingerprint density at radius 1 is 1.42 bits per heavy atom. The Balaban J connectivity index is 3.02. The van der Waals surface area contributed by atoms with E-state index in [0.717, 1.165) is 5.57 Å². The van der Waals surface area contributed by atoms with Crippen molar-refractivity contribution in [1.82, 2.24) is 0 Å². The van der Waals surface area contributed by atoms with Crippen molar-refractivity contribution in [2.75, 3.05) is 0 Å². The molecule has 0 heterocycles. The van der Waals surface area contributed by atoms with E-state index in [9.17, 15) is 5.11 Å². The van der Waals surface area contributed by atoms with Crippen molar-refractivity contribution >= 4 is 0 Å².